The molecule has 0 aliphatic heterocycles. The molecule has 2 aromatic rings. The molecule has 0 unspecified atom stereocenters. The highest BCUT2D eigenvalue weighted by Crippen LogP contribution is 2.27. The van der Waals surface area contributed by atoms with Gasteiger partial charge in [-0.3, -0.25) is 4.79 Å². The zero-order valence-electron chi connectivity index (χ0n) is 26.2. The molecule has 1 N–H and O–H groups in total. The summed E-state index contributed by atoms with van der Waals surface area (Å²) < 4.78 is 22.3. The number of nitrogens with one attached hydrogen (secondary N) is 1. The Bertz CT molecular complexity index is 1130. The minimum atomic E-state index is -0.772. The van der Waals surface area contributed by atoms with Gasteiger partial charge in [-0.25, -0.2) is 9.59 Å². The first-order chi connectivity index (χ1) is 21.0. The van der Waals surface area contributed by atoms with Crippen molar-refractivity contribution in [3.05, 3.63) is 65.9 Å². The van der Waals surface area contributed by atoms with Crippen LogP contribution in [0.15, 0.2) is 60.4 Å². The van der Waals surface area contributed by atoms with E-state index < -0.39 is 11.9 Å². The van der Waals surface area contributed by atoms with Gasteiger partial charge in [-0.2, -0.15) is 0 Å². The highest BCUT2D eigenvalue weighted by atomic mass is 16.6. The number of unbranched alkanes of at least 4 members (excludes halogenated alkanes) is 9. The summed E-state index contributed by atoms with van der Waals surface area (Å²) in [4.78, 5) is 38.5. The van der Waals surface area contributed by atoms with Crippen LogP contribution >= 0.6 is 0 Å². The maximum atomic E-state index is 13.0. The molecule has 0 heterocycles. The number of hydrogen-bond donors (Lipinski definition) is 1. The van der Waals surface area contributed by atoms with Gasteiger partial charge in [0.1, 0.15) is 5.75 Å². The summed E-state index contributed by atoms with van der Waals surface area (Å²) in [5, 5.41) is 2.83. The minimum Gasteiger partial charge on any atom is -0.494 e. The van der Waals surface area contributed by atoms with E-state index in [2.05, 4.69) is 26.1 Å². The summed E-state index contributed by atoms with van der Waals surface area (Å²) in [6.45, 7) is 7.48. The van der Waals surface area contributed by atoms with Gasteiger partial charge in [-0.15, -0.1) is 0 Å². The molecule has 0 aliphatic carbocycles. The van der Waals surface area contributed by atoms with E-state index in [9.17, 15) is 14.4 Å². The smallest absolute Gasteiger partial charge is 0.374 e. The average Bonchev–Trinajstić information content (AvgIpc) is 3.01. The van der Waals surface area contributed by atoms with Gasteiger partial charge < -0.3 is 24.3 Å². The Kier molecular flexibility index (Phi) is 18.0. The molecule has 0 fully saturated rings. The maximum absolute atomic E-state index is 13.0. The first kappa shape index (κ1) is 35.4. The molecule has 2 aromatic carbocycles. The molecule has 2 rings (SSSR count). The van der Waals surface area contributed by atoms with Gasteiger partial charge in [0.2, 0.25) is 5.76 Å². The molecule has 0 aromatic heterocycles. The summed E-state index contributed by atoms with van der Waals surface area (Å²) in [5.74, 6) is -1.24. The quantitative estimate of drug-likeness (QED) is 0.0631. The normalized spacial score (nSPS) is 11.1. The van der Waals surface area contributed by atoms with E-state index in [1.54, 1.807) is 48.5 Å². The second-order valence-electron chi connectivity index (χ2n) is 10.4. The van der Waals surface area contributed by atoms with E-state index >= 15 is 0 Å². The van der Waals surface area contributed by atoms with Crippen molar-refractivity contribution in [2.45, 2.75) is 97.8 Å². The van der Waals surface area contributed by atoms with Gasteiger partial charge in [0.25, 0.3) is 5.91 Å². The van der Waals surface area contributed by atoms with E-state index in [-0.39, 0.29) is 30.6 Å². The van der Waals surface area contributed by atoms with Gasteiger partial charge >= 0.3 is 11.9 Å². The van der Waals surface area contributed by atoms with Crippen LogP contribution in [0.4, 0.5) is 5.69 Å². The zero-order valence-corrected chi connectivity index (χ0v) is 26.2. The molecule has 0 spiro atoms. The number of ether oxygens (including phenoxy) is 4. The lowest BCUT2D eigenvalue weighted by molar-refractivity contribution is -0.143. The van der Waals surface area contributed by atoms with E-state index in [0.29, 0.717) is 30.0 Å². The van der Waals surface area contributed by atoms with Crippen LogP contribution in [0.3, 0.4) is 0 Å². The Hall–Kier alpha value is -3.81. The van der Waals surface area contributed by atoms with E-state index in [0.717, 1.165) is 63.9 Å². The van der Waals surface area contributed by atoms with Crippen molar-refractivity contribution in [2.24, 2.45) is 0 Å². The fourth-order valence-electron chi connectivity index (χ4n) is 4.14. The summed E-state index contributed by atoms with van der Waals surface area (Å²) in [7, 11) is 0. The Morgan fingerprint density at radius 2 is 1.26 bits per heavy atom. The van der Waals surface area contributed by atoms with Crippen LogP contribution < -0.4 is 14.8 Å². The molecule has 0 bridgehead atoms. The molecule has 8 nitrogen and oxygen atoms in total. The second kappa shape index (κ2) is 21.8. The summed E-state index contributed by atoms with van der Waals surface area (Å²) >= 11 is 0. The van der Waals surface area contributed by atoms with Crippen LogP contribution in [0.1, 0.15) is 108 Å². The number of carbonyl (C=O) groups is 3. The van der Waals surface area contributed by atoms with Crippen molar-refractivity contribution in [2.75, 3.05) is 25.1 Å². The number of para-hydroxylation sites is 2. The van der Waals surface area contributed by atoms with Crippen molar-refractivity contribution >= 4 is 23.5 Å². The molecule has 0 aliphatic rings. The number of carbonyl (C=O) groups excluding carboxylic acids is 3. The van der Waals surface area contributed by atoms with Crippen molar-refractivity contribution < 1.29 is 33.3 Å². The number of hydrogen-bond acceptors (Lipinski definition) is 7. The lowest BCUT2D eigenvalue weighted by atomic mass is 10.2. The highest BCUT2D eigenvalue weighted by molar-refractivity contribution is 6.05. The van der Waals surface area contributed by atoms with Gasteiger partial charge in [-0.1, -0.05) is 90.7 Å². The largest absolute Gasteiger partial charge is 0.494 e. The van der Waals surface area contributed by atoms with E-state index in [1.165, 1.54) is 12.8 Å². The van der Waals surface area contributed by atoms with Gasteiger partial charge in [0, 0.05) is 5.56 Å². The molecule has 0 saturated carbocycles. The van der Waals surface area contributed by atoms with Crippen LogP contribution in [0.5, 0.6) is 11.5 Å². The third-order valence-corrected chi connectivity index (χ3v) is 6.66. The summed E-state index contributed by atoms with van der Waals surface area (Å²) in [6.07, 6.45) is 13.1. The molecular weight excluding hydrogens is 546 g/mol. The highest BCUT2D eigenvalue weighted by Gasteiger charge is 2.19. The molecule has 0 saturated heterocycles. The molecule has 0 radical (unpaired) electrons. The topological polar surface area (TPSA) is 100 Å². The summed E-state index contributed by atoms with van der Waals surface area (Å²) in [6, 6.07) is 13.6. The monoisotopic (exact) mass is 595 g/mol. The maximum Gasteiger partial charge on any atom is 0.374 e. The minimum absolute atomic E-state index is 0.188. The molecular formula is C35H49NO7. The SMILES string of the molecule is CCCCCCOC(=O)/C=C(/Oc1ccccc1NC(=O)c1ccc(OCCCCCC)cc1)C(=O)OCCCCCC. The molecule has 0 atom stereocenters. The first-order valence-electron chi connectivity index (χ1n) is 15.8. The Balaban J connectivity index is 2.09. The second-order valence-corrected chi connectivity index (χ2v) is 10.4. The fraction of sp³-hybridized carbons (Fsp3) is 0.514. The summed E-state index contributed by atoms with van der Waals surface area (Å²) in [5.41, 5.74) is 0.764. The predicted octanol–water partition coefficient (Wildman–Crippen LogP) is 8.41. The third kappa shape index (κ3) is 14.8. The number of amides is 1. The lowest BCUT2D eigenvalue weighted by Crippen LogP contribution is -2.18. The molecule has 8 heteroatoms. The number of rotatable bonds is 22. The van der Waals surface area contributed by atoms with Gasteiger partial charge in [0.05, 0.1) is 31.6 Å². The van der Waals surface area contributed by atoms with E-state index in [4.69, 9.17) is 18.9 Å². The average molecular weight is 596 g/mol. The van der Waals surface area contributed by atoms with Gasteiger partial charge in [-0.05, 0) is 55.7 Å². The number of anilines is 1. The van der Waals surface area contributed by atoms with E-state index in [1.807, 2.05) is 0 Å². The van der Waals surface area contributed by atoms with Crippen LogP contribution in [-0.4, -0.2) is 37.7 Å². The zero-order chi connectivity index (χ0) is 31.1. The van der Waals surface area contributed by atoms with Gasteiger partial charge in [0.15, 0.2) is 5.75 Å². The van der Waals surface area contributed by atoms with Crippen molar-refractivity contribution in [1.29, 1.82) is 0 Å². The van der Waals surface area contributed by atoms with Crippen LogP contribution in [0.25, 0.3) is 0 Å². The fourth-order valence-corrected chi connectivity index (χ4v) is 4.14. The Labute approximate surface area is 257 Å². The number of benzene rings is 2. The van der Waals surface area contributed by atoms with Crippen molar-refractivity contribution in [3.63, 3.8) is 0 Å². The first-order valence-corrected chi connectivity index (χ1v) is 15.8. The Morgan fingerprint density at radius 3 is 1.88 bits per heavy atom. The number of esters is 2. The Morgan fingerprint density at radius 1 is 0.674 bits per heavy atom. The van der Waals surface area contributed by atoms with Crippen LogP contribution in [0, 0.1) is 0 Å². The molecule has 236 valence electrons. The van der Waals surface area contributed by atoms with Crippen LogP contribution in [0.2, 0.25) is 0 Å². The predicted molar refractivity (Wildman–Crippen MR) is 169 cm³/mol. The third-order valence-electron chi connectivity index (χ3n) is 6.66. The molecule has 43 heavy (non-hydrogen) atoms. The standard InChI is InChI=1S/C35H49NO7/c1-4-7-10-15-24-40-29-22-20-28(21-23-29)34(38)36-30-18-13-14-19-31(30)43-32(35(39)42-26-17-12-9-6-3)27-33(37)41-25-16-11-8-5-2/h13-14,18-23,27H,4-12,15-17,24-26H2,1-3H3,(H,36,38)/b32-27+. The lowest BCUT2D eigenvalue weighted by Gasteiger charge is -2.14. The molecule has 1 amide bonds. The van der Waals surface area contributed by atoms with Crippen molar-refractivity contribution in [3.8, 4) is 11.5 Å². The van der Waals surface area contributed by atoms with Crippen LogP contribution in [-0.2, 0) is 19.1 Å². The van der Waals surface area contributed by atoms with Crippen molar-refractivity contribution in [1.82, 2.24) is 0 Å².